The van der Waals surface area contributed by atoms with Gasteiger partial charge in [-0.25, -0.2) is 0 Å². The molecule has 0 radical (unpaired) electrons. The molecule has 0 aliphatic carbocycles. The van der Waals surface area contributed by atoms with E-state index in [4.69, 9.17) is 9.47 Å². The molecule has 0 amide bonds. The number of ether oxygens (including phenoxy) is 2. The monoisotopic (exact) mass is 348 g/mol. The number of benzene rings is 1. The Morgan fingerprint density at radius 2 is 1.88 bits per heavy atom. The minimum Gasteiger partial charge on any atom is -0.490 e. The van der Waals surface area contributed by atoms with Crippen molar-refractivity contribution in [3.05, 3.63) is 29.3 Å². The van der Waals surface area contributed by atoms with E-state index >= 15 is 0 Å². The van der Waals surface area contributed by atoms with Crippen LogP contribution in [0, 0.1) is 19.8 Å². The van der Waals surface area contributed by atoms with Crippen LogP contribution in [0.5, 0.6) is 5.75 Å². The van der Waals surface area contributed by atoms with E-state index in [0.29, 0.717) is 19.1 Å². The third-order valence-electron chi connectivity index (χ3n) is 5.29. The normalized spacial score (nSPS) is 23.7. The highest BCUT2D eigenvalue weighted by Gasteiger charge is 2.26. The summed E-state index contributed by atoms with van der Waals surface area (Å²) >= 11 is 0. The van der Waals surface area contributed by atoms with E-state index in [0.717, 1.165) is 62.8 Å². The van der Waals surface area contributed by atoms with Crippen LogP contribution in [0.3, 0.4) is 0 Å². The summed E-state index contributed by atoms with van der Waals surface area (Å²) in [6.45, 7) is 12.3. The maximum absolute atomic E-state index is 10.4. The molecule has 5 heteroatoms. The molecule has 25 heavy (non-hydrogen) atoms. The highest BCUT2D eigenvalue weighted by atomic mass is 16.5. The predicted octanol–water partition coefficient (Wildman–Crippen LogP) is 1.70. The van der Waals surface area contributed by atoms with Crippen LogP contribution in [0.2, 0.25) is 0 Å². The van der Waals surface area contributed by atoms with E-state index in [-0.39, 0.29) is 0 Å². The van der Waals surface area contributed by atoms with Crippen molar-refractivity contribution < 1.29 is 14.6 Å². The number of rotatable bonds is 7. The van der Waals surface area contributed by atoms with Crippen LogP contribution in [0.1, 0.15) is 17.5 Å². The highest BCUT2D eigenvalue weighted by Crippen LogP contribution is 2.23. The van der Waals surface area contributed by atoms with Gasteiger partial charge in [0.15, 0.2) is 0 Å². The second-order valence-electron chi connectivity index (χ2n) is 7.51. The Labute approximate surface area is 151 Å². The third kappa shape index (κ3) is 5.42. The highest BCUT2D eigenvalue weighted by molar-refractivity contribution is 5.39. The second-order valence-corrected chi connectivity index (χ2v) is 7.51. The molecule has 2 fully saturated rings. The first-order chi connectivity index (χ1) is 12.1. The van der Waals surface area contributed by atoms with Gasteiger partial charge in [0.25, 0.3) is 0 Å². The largest absolute Gasteiger partial charge is 0.490 e. The van der Waals surface area contributed by atoms with Crippen LogP contribution >= 0.6 is 0 Å². The number of morpholine rings is 1. The van der Waals surface area contributed by atoms with Gasteiger partial charge >= 0.3 is 0 Å². The molecule has 1 N–H and O–H groups in total. The molecule has 0 bridgehead atoms. The molecule has 0 aromatic heterocycles. The number of para-hydroxylation sites is 1. The molecule has 2 heterocycles. The number of aliphatic hydroxyl groups excluding tert-OH is 1. The first-order valence-electron chi connectivity index (χ1n) is 9.51. The fourth-order valence-electron chi connectivity index (χ4n) is 3.93. The smallest absolute Gasteiger partial charge is 0.125 e. The molecule has 2 aliphatic heterocycles. The number of β-amino-alcohol motifs (C(OH)–C–C–N with tert-alkyl or cyclic N) is 1. The standard InChI is InChI=1S/C20H32N2O3/c1-16-4-3-5-17(2)20(16)25-15-19(23)14-22-7-6-18(13-22)12-21-8-10-24-11-9-21/h3-5,18-19,23H,6-15H2,1-2H3. The Kier molecular flexibility index (Phi) is 6.70. The van der Waals surface area contributed by atoms with Gasteiger partial charge in [0.1, 0.15) is 18.5 Å². The van der Waals surface area contributed by atoms with E-state index in [2.05, 4.69) is 9.80 Å². The van der Waals surface area contributed by atoms with Crippen molar-refractivity contribution in [2.45, 2.75) is 26.4 Å². The summed E-state index contributed by atoms with van der Waals surface area (Å²) in [6.07, 6.45) is 0.781. The van der Waals surface area contributed by atoms with Crippen LogP contribution < -0.4 is 4.74 Å². The molecular formula is C20H32N2O3. The van der Waals surface area contributed by atoms with Gasteiger partial charge in [0.2, 0.25) is 0 Å². The van der Waals surface area contributed by atoms with E-state index in [1.807, 2.05) is 32.0 Å². The van der Waals surface area contributed by atoms with Crippen LogP contribution in [0.4, 0.5) is 0 Å². The van der Waals surface area contributed by atoms with E-state index in [1.165, 1.54) is 6.42 Å². The molecule has 3 rings (SSSR count). The van der Waals surface area contributed by atoms with E-state index in [1.54, 1.807) is 0 Å². The number of aryl methyl sites for hydroxylation is 2. The van der Waals surface area contributed by atoms with E-state index in [9.17, 15) is 5.11 Å². The third-order valence-corrected chi connectivity index (χ3v) is 5.29. The van der Waals surface area contributed by atoms with E-state index < -0.39 is 6.10 Å². The van der Waals surface area contributed by atoms with Crippen LogP contribution in [0.25, 0.3) is 0 Å². The molecule has 2 atom stereocenters. The van der Waals surface area contributed by atoms with Gasteiger partial charge in [-0.2, -0.15) is 0 Å². The Morgan fingerprint density at radius 1 is 1.16 bits per heavy atom. The number of nitrogens with zero attached hydrogens (tertiary/aromatic N) is 2. The summed E-state index contributed by atoms with van der Waals surface area (Å²) in [5.74, 6) is 1.62. The fourth-order valence-corrected chi connectivity index (χ4v) is 3.93. The molecule has 2 unspecified atom stereocenters. The summed E-state index contributed by atoms with van der Waals surface area (Å²) < 4.78 is 11.3. The molecule has 140 valence electrons. The topological polar surface area (TPSA) is 45.2 Å². The van der Waals surface area contributed by atoms with Gasteiger partial charge in [-0.15, -0.1) is 0 Å². The summed E-state index contributed by atoms with van der Waals surface area (Å²) in [6, 6.07) is 6.13. The van der Waals surface area contributed by atoms with Gasteiger partial charge in [-0.1, -0.05) is 18.2 Å². The quantitative estimate of drug-likeness (QED) is 0.813. The minimum absolute atomic E-state index is 0.357. The fraction of sp³-hybridized carbons (Fsp3) is 0.700. The van der Waals surface area contributed by atoms with Gasteiger partial charge in [0.05, 0.1) is 13.2 Å². The molecule has 0 spiro atoms. The van der Waals surface area contributed by atoms with Gasteiger partial charge in [-0.05, 0) is 43.9 Å². The molecule has 1 aromatic rings. The lowest BCUT2D eigenvalue weighted by Gasteiger charge is -2.29. The molecule has 1 aromatic carbocycles. The zero-order valence-corrected chi connectivity index (χ0v) is 15.6. The summed E-state index contributed by atoms with van der Waals surface area (Å²) in [5.41, 5.74) is 2.25. The van der Waals surface area contributed by atoms with Crippen molar-refractivity contribution >= 4 is 0 Å². The molecule has 5 nitrogen and oxygen atoms in total. The number of aliphatic hydroxyl groups is 1. The van der Waals surface area contributed by atoms with Crippen molar-refractivity contribution in [2.75, 3.05) is 59.1 Å². The first kappa shape index (κ1) is 18.6. The summed E-state index contributed by atoms with van der Waals surface area (Å²) in [5, 5.41) is 10.4. The maximum atomic E-state index is 10.4. The molecule has 2 aliphatic rings. The second kappa shape index (κ2) is 8.99. The zero-order valence-electron chi connectivity index (χ0n) is 15.6. The maximum Gasteiger partial charge on any atom is 0.125 e. The molecule has 2 saturated heterocycles. The number of hydrogen-bond donors (Lipinski definition) is 1. The average Bonchev–Trinajstić information content (AvgIpc) is 3.02. The van der Waals surface area contributed by atoms with Gasteiger partial charge < -0.3 is 19.5 Å². The number of hydrogen-bond acceptors (Lipinski definition) is 5. The van der Waals surface area contributed by atoms with Gasteiger partial charge in [-0.3, -0.25) is 4.90 Å². The Bertz CT molecular complexity index is 525. The lowest BCUT2D eigenvalue weighted by Crippen LogP contribution is -2.40. The SMILES string of the molecule is Cc1cccc(C)c1OCC(O)CN1CCC(CN2CCOCC2)C1. The van der Waals surface area contributed by atoms with Crippen molar-refractivity contribution in [3.8, 4) is 5.75 Å². The van der Waals surface area contributed by atoms with Crippen molar-refractivity contribution in [2.24, 2.45) is 5.92 Å². The zero-order chi connectivity index (χ0) is 17.6. The number of likely N-dealkylation sites (tertiary alicyclic amines) is 1. The van der Waals surface area contributed by atoms with Crippen molar-refractivity contribution in [1.82, 2.24) is 9.80 Å². The summed E-state index contributed by atoms with van der Waals surface area (Å²) in [4.78, 5) is 4.89. The van der Waals surface area contributed by atoms with Crippen LogP contribution in [-0.4, -0.2) is 80.1 Å². The van der Waals surface area contributed by atoms with Crippen LogP contribution in [0.15, 0.2) is 18.2 Å². The van der Waals surface area contributed by atoms with Gasteiger partial charge in [0, 0.05) is 32.7 Å². The summed E-state index contributed by atoms with van der Waals surface area (Å²) in [7, 11) is 0. The van der Waals surface area contributed by atoms with Crippen molar-refractivity contribution in [1.29, 1.82) is 0 Å². The Balaban J connectivity index is 1.39. The lowest BCUT2D eigenvalue weighted by molar-refractivity contribution is 0.0303. The Morgan fingerprint density at radius 3 is 2.60 bits per heavy atom. The molecule has 0 saturated carbocycles. The average molecular weight is 348 g/mol. The van der Waals surface area contributed by atoms with Crippen LogP contribution in [-0.2, 0) is 4.74 Å². The molecular weight excluding hydrogens is 316 g/mol. The lowest BCUT2D eigenvalue weighted by atomic mass is 10.1. The minimum atomic E-state index is -0.443. The Hall–Kier alpha value is -1.14. The van der Waals surface area contributed by atoms with Crippen molar-refractivity contribution in [3.63, 3.8) is 0 Å². The predicted molar refractivity (Wildman–Crippen MR) is 99.2 cm³/mol. The first-order valence-corrected chi connectivity index (χ1v) is 9.51.